The third kappa shape index (κ3) is 6.02. The van der Waals surface area contributed by atoms with Crippen LogP contribution in [0.5, 0.6) is 0 Å². The molecule has 0 radical (unpaired) electrons. The number of benzene rings is 3. The van der Waals surface area contributed by atoms with Crippen molar-refractivity contribution in [2.45, 2.75) is 25.7 Å². The van der Waals surface area contributed by atoms with Gasteiger partial charge in [0.25, 0.3) is 0 Å². The lowest BCUT2D eigenvalue weighted by molar-refractivity contribution is -0.138. The molecule has 0 spiro atoms. The molecule has 37 heavy (non-hydrogen) atoms. The Morgan fingerprint density at radius 3 is 2.05 bits per heavy atom. The number of fused-ring (bicyclic) bond motifs is 1. The summed E-state index contributed by atoms with van der Waals surface area (Å²) < 4.78 is 80.4. The normalized spacial score (nSPS) is 12.2. The van der Waals surface area contributed by atoms with E-state index in [1.807, 2.05) is 32.2 Å². The van der Waals surface area contributed by atoms with Crippen LogP contribution < -0.4 is 10.6 Å². The Kier molecular flexibility index (Phi) is 7.40. The predicted molar refractivity (Wildman–Crippen MR) is 132 cm³/mol. The molecule has 0 unspecified atom stereocenters. The van der Waals surface area contributed by atoms with Crippen molar-refractivity contribution in [3.8, 4) is 22.5 Å². The SMILES string of the molecule is CNCCCNc1nc(-c2cc(-c3ccc(C(F)(F)F)cc3)cc(C(F)(F)F)c2)nc2c(C)cccc12. The molecule has 0 saturated carbocycles. The van der Waals surface area contributed by atoms with Crippen LogP contribution in [0.1, 0.15) is 23.1 Å². The Labute approximate surface area is 209 Å². The maximum atomic E-state index is 13.8. The number of para-hydroxylation sites is 1. The molecule has 0 aliphatic heterocycles. The number of nitrogens with one attached hydrogen (secondary N) is 2. The summed E-state index contributed by atoms with van der Waals surface area (Å²) in [4.78, 5) is 9.13. The van der Waals surface area contributed by atoms with E-state index in [4.69, 9.17) is 0 Å². The first-order valence-electron chi connectivity index (χ1n) is 11.5. The zero-order valence-corrected chi connectivity index (χ0v) is 20.1. The molecule has 194 valence electrons. The molecule has 0 aliphatic carbocycles. The van der Waals surface area contributed by atoms with E-state index in [2.05, 4.69) is 20.6 Å². The summed E-state index contributed by atoms with van der Waals surface area (Å²) in [6, 6.07) is 12.9. The molecular weight excluding hydrogens is 494 g/mol. The summed E-state index contributed by atoms with van der Waals surface area (Å²) in [5, 5.41) is 7.04. The number of halogens is 6. The first kappa shape index (κ1) is 26.4. The van der Waals surface area contributed by atoms with E-state index in [0.29, 0.717) is 17.9 Å². The van der Waals surface area contributed by atoms with E-state index in [9.17, 15) is 26.3 Å². The van der Waals surface area contributed by atoms with E-state index >= 15 is 0 Å². The van der Waals surface area contributed by atoms with Crippen LogP contribution in [0.3, 0.4) is 0 Å². The van der Waals surface area contributed by atoms with Crippen molar-refractivity contribution < 1.29 is 26.3 Å². The summed E-state index contributed by atoms with van der Waals surface area (Å²) in [6.45, 7) is 3.20. The van der Waals surface area contributed by atoms with Crippen LogP contribution in [0.15, 0.2) is 60.7 Å². The molecule has 4 aromatic rings. The van der Waals surface area contributed by atoms with Crippen molar-refractivity contribution in [1.82, 2.24) is 15.3 Å². The van der Waals surface area contributed by atoms with Crippen LogP contribution >= 0.6 is 0 Å². The lowest BCUT2D eigenvalue weighted by Crippen LogP contribution is -2.14. The third-order valence-corrected chi connectivity index (χ3v) is 5.89. The molecule has 2 N–H and O–H groups in total. The van der Waals surface area contributed by atoms with Gasteiger partial charge in [0.05, 0.1) is 16.6 Å². The van der Waals surface area contributed by atoms with Crippen molar-refractivity contribution in [1.29, 1.82) is 0 Å². The van der Waals surface area contributed by atoms with E-state index in [-0.39, 0.29) is 22.5 Å². The minimum atomic E-state index is -4.68. The number of alkyl halides is 6. The van der Waals surface area contributed by atoms with Crippen molar-refractivity contribution in [3.05, 3.63) is 77.4 Å². The maximum Gasteiger partial charge on any atom is 0.416 e. The second-order valence-electron chi connectivity index (χ2n) is 8.62. The zero-order valence-electron chi connectivity index (χ0n) is 20.1. The van der Waals surface area contributed by atoms with Crippen molar-refractivity contribution in [2.75, 3.05) is 25.5 Å². The molecule has 0 atom stereocenters. The molecule has 4 rings (SSSR count). The molecule has 10 heteroatoms. The molecule has 0 aliphatic rings. The van der Waals surface area contributed by atoms with E-state index < -0.39 is 23.5 Å². The van der Waals surface area contributed by atoms with Crippen LogP contribution in [0.25, 0.3) is 33.4 Å². The highest BCUT2D eigenvalue weighted by Gasteiger charge is 2.32. The van der Waals surface area contributed by atoms with Gasteiger partial charge in [-0.3, -0.25) is 0 Å². The van der Waals surface area contributed by atoms with Crippen molar-refractivity contribution in [2.24, 2.45) is 0 Å². The summed E-state index contributed by atoms with van der Waals surface area (Å²) >= 11 is 0. The van der Waals surface area contributed by atoms with Gasteiger partial charge in [0.15, 0.2) is 5.82 Å². The van der Waals surface area contributed by atoms with Gasteiger partial charge in [-0.1, -0.05) is 24.3 Å². The fraction of sp³-hybridized carbons (Fsp3) is 0.259. The fourth-order valence-corrected chi connectivity index (χ4v) is 3.97. The van der Waals surface area contributed by atoms with Gasteiger partial charge in [-0.05, 0) is 80.0 Å². The summed E-state index contributed by atoms with van der Waals surface area (Å²) in [7, 11) is 1.84. The predicted octanol–water partition coefficient (Wildman–Crippen LogP) is 7.33. The monoisotopic (exact) mass is 518 g/mol. The van der Waals surface area contributed by atoms with Gasteiger partial charge < -0.3 is 10.6 Å². The zero-order chi connectivity index (χ0) is 26.8. The summed E-state index contributed by atoms with van der Waals surface area (Å²) in [5.74, 6) is 0.575. The highest BCUT2D eigenvalue weighted by molar-refractivity contribution is 5.92. The Morgan fingerprint density at radius 2 is 1.41 bits per heavy atom. The van der Waals surface area contributed by atoms with E-state index in [0.717, 1.165) is 60.3 Å². The standard InChI is InChI=1S/C27H24F6N4/c1-16-5-3-6-22-23(16)36-24(37-25(22)35-12-4-11-34-2)19-13-18(14-21(15-19)27(31,32)33)17-7-9-20(10-8-17)26(28,29)30/h3,5-10,13-15,34H,4,11-12H2,1-2H3,(H,35,36,37). The van der Waals surface area contributed by atoms with Crippen molar-refractivity contribution >= 4 is 16.7 Å². The molecule has 0 saturated heterocycles. The minimum absolute atomic E-state index is 0.0807. The average molecular weight is 519 g/mol. The van der Waals surface area contributed by atoms with Crippen LogP contribution in [-0.2, 0) is 12.4 Å². The molecular formula is C27H24F6N4. The molecule has 4 nitrogen and oxygen atoms in total. The third-order valence-electron chi connectivity index (χ3n) is 5.89. The second kappa shape index (κ2) is 10.4. The fourth-order valence-electron chi connectivity index (χ4n) is 3.97. The topological polar surface area (TPSA) is 49.8 Å². The van der Waals surface area contributed by atoms with Crippen molar-refractivity contribution in [3.63, 3.8) is 0 Å². The highest BCUT2D eigenvalue weighted by atomic mass is 19.4. The molecule has 0 bridgehead atoms. The second-order valence-corrected chi connectivity index (χ2v) is 8.62. The summed E-state index contributed by atoms with van der Waals surface area (Å²) in [6.07, 6.45) is -8.44. The first-order valence-corrected chi connectivity index (χ1v) is 11.5. The van der Waals surface area contributed by atoms with Crippen LogP contribution in [0.2, 0.25) is 0 Å². The van der Waals surface area contributed by atoms with Crippen LogP contribution in [0.4, 0.5) is 32.2 Å². The number of nitrogens with zero attached hydrogens (tertiary/aromatic N) is 2. The Morgan fingerprint density at radius 1 is 0.730 bits per heavy atom. The highest BCUT2D eigenvalue weighted by Crippen LogP contribution is 2.37. The number of aromatic nitrogens is 2. The van der Waals surface area contributed by atoms with Gasteiger partial charge in [0.2, 0.25) is 0 Å². The largest absolute Gasteiger partial charge is 0.416 e. The van der Waals surface area contributed by atoms with Gasteiger partial charge in [-0.2, -0.15) is 26.3 Å². The minimum Gasteiger partial charge on any atom is -0.369 e. The number of anilines is 1. The number of hydrogen-bond donors (Lipinski definition) is 2. The van der Waals surface area contributed by atoms with Gasteiger partial charge in [-0.15, -0.1) is 0 Å². The average Bonchev–Trinajstić information content (AvgIpc) is 2.85. The number of hydrogen-bond acceptors (Lipinski definition) is 4. The quantitative estimate of drug-likeness (QED) is 0.199. The van der Waals surface area contributed by atoms with Gasteiger partial charge >= 0.3 is 12.4 Å². The smallest absolute Gasteiger partial charge is 0.369 e. The van der Waals surface area contributed by atoms with Gasteiger partial charge in [-0.25, -0.2) is 9.97 Å². The lowest BCUT2D eigenvalue weighted by atomic mass is 9.98. The Hall–Kier alpha value is -3.66. The van der Waals surface area contributed by atoms with E-state index in [1.54, 1.807) is 0 Å². The number of aryl methyl sites for hydroxylation is 1. The molecule has 0 fully saturated rings. The van der Waals surface area contributed by atoms with E-state index in [1.165, 1.54) is 6.07 Å². The maximum absolute atomic E-state index is 13.8. The molecule has 1 heterocycles. The number of rotatable bonds is 7. The molecule has 3 aromatic carbocycles. The first-order chi connectivity index (χ1) is 17.5. The summed E-state index contributed by atoms with van der Waals surface area (Å²) in [5.41, 5.74) is 0.0144. The van der Waals surface area contributed by atoms with Gasteiger partial charge in [0, 0.05) is 17.5 Å². The van der Waals surface area contributed by atoms with Crippen LogP contribution in [0, 0.1) is 6.92 Å². The molecule has 1 aromatic heterocycles. The lowest BCUT2D eigenvalue weighted by Gasteiger charge is -2.15. The Balaban J connectivity index is 1.85. The Bertz CT molecular complexity index is 1400. The van der Waals surface area contributed by atoms with Gasteiger partial charge in [0.1, 0.15) is 5.82 Å². The van der Waals surface area contributed by atoms with Crippen LogP contribution in [-0.4, -0.2) is 30.1 Å². The molecule has 0 amide bonds.